The van der Waals surface area contributed by atoms with Crippen molar-refractivity contribution in [2.24, 2.45) is 0 Å². The molecule has 2 aromatic rings. The van der Waals surface area contributed by atoms with Crippen LogP contribution in [0.1, 0.15) is 18.4 Å². The van der Waals surface area contributed by atoms with Gasteiger partial charge in [0.15, 0.2) is 0 Å². The maximum Gasteiger partial charge on any atom is 0.253 e. The summed E-state index contributed by atoms with van der Waals surface area (Å²) >= 11 is 0. The molecular formula is C22H27N3O2. The van der Waals surface area contributed by atoms with Crippen molar-refractivity contribution in [1.29, 1.82) is 0 Å². The van der Waals surface area contributed by atoms with E-state index in [1.807, 2.05) is 12.1 Å². The lowest BCUT2D eigenvalue weighted by molar-refractivity contribution is -0.124. The second kappa shape index (κ2) is 8.01. The smallest absolute Gasteiger partial charge is 0.253 e. The predicted octanol–water partition coefficient (Wildman–Crippen LogP) is 3.44. The normalized spacial score (nSPS) is 20.0. The molecule has 0 spiro atoms. The number of amides is 1. The number of ether oxygens (including phenoxy) is 1. The van der Waals surface area contributed by atoms with Crippen LogP contribution < -0.4 is 15.1 Å². The Kier molecular flexibility index (Phi) is 5.30. The molecule has 0 radical (unpaired) electrons. The topological polar surface area (TPSA) is 44.8 Å². The number of aryl methyl sites for hydroxylation is 1. The summed E-state index contributed by atoms with van der Waals surface area (Å²) in [6, 6.07) is 16.8. The average molecular weight is 365 g/mol. The summed E-state index contributed by atoms with van der Waals surface area (Å²) in [5.74, 6) is -0.0352. The number of carbonyl (C=O) groups excluding carboxylic acids is 1. The Labute approximate surface area is 160 Å². The Balaban J connectivity index is 1.32. The van der Waals surface area contributed by atoms with Gasteiger partial charge in [0.1, 0.15) is 6.10 Å². The first-order chi connectivity index (χ1) is 13.2. The average Bonchev–Trinajstić information content (AvgIpc) is 3.24. The molecule has 1 atom stereocenters. The van der Waals surface area contributed by atoms with E-state index < -0.39 is 0 Å². The number of piperazine rings is 1. The van der Waals surface area contributed by atoms with Crippen molar-refractivity contribution in [3.05, 3.63) is 54.1 Å². The minimum atomic E-state index is -0.292. The fourth-order valence-electron chi connectivity index (χ4n) is 3.81. The monoisotopic (exact) mass is 365 g/mol. The zero-order valence-corrected chi connectivity index (χ0v) is 15.9. The van der Waals surface area contributed by atoms with E-state index in [1.165, 1.54) is 16.9 Å². The van der Waals surface area contributed by atoms with Gasteiger partial charge in [0, 0.05) is 49.8 Å². The zero-order chi connectivity index (χ0) is 18.6. The second-order valence-electron chi connectivity index (χ2n) is 7.35. The van der Waals surface area contributed by atoms with E-state index in [0.717, 1.165) is 44.7 Å². The van der Waals surface area contributed by atoms with Gasteiger partial charge in [0.2, 0.25) is 0 Å². The molecule has 2 aromatic carbocycles. The number of benzene rings is 2. The maximum atomic E-state index is 12.1. The van der Waals surface area contributed by atoms with Crippen LogP contribution in [0.15, 0.2) is 48.5 Å². The van der Waals surface area contributed by atoms with Crippen LogP contribution in [0, 0.1) is 6.92 Å². The van der Waals surface area contributed by atoms with E-state index in [0.29, 0.717) is 6.61 Å². The molecular weight excluding hydrogens is 338 g/mol. The van der Waals surface area contributed by atoms with Gasteiger partial charge in [0.05, 0.1) is 0 Å². The van der Waals surface area contributed by atoms with Gasteiger partial charge in [-0.2, -0.15) is 0 Å². The Morgan fingerprint density at radius 2 is 1.70 bits per heavy atom. The first-order valence-corrected chi connectivity index (χ1v) is 9.78. The number of nitrogens with one attached hydrogen (secondary N) is 1. The number of nitrogens with zero attached hydrogens (tertiary/aromatic N) is 2. The van der Waals surface area contributed by atoms with E-state index in [1.54, 1.807) is 0 Å². The number of hydrogen-bond acceptors (Lipinski definition) is 4. The highest BCUT2D eigenvalue weighted by Crippen LogP contribution is 2.23. The Hall–Kier alpha value is -2.53. The third-order valence-electron chi connectivity index (χ3n) is 5.37. The van der Waals surface area contributed by atoms with Gasteiger partial charge < -0.3 is 19.9 Å². The first-order valence-electron chi connectivity index (χ1n) is 9.78. The molecule has 1 unspecified atom stereocenters. The minimum absolute atomic E-state index is 0.0352. The molecule has 27 heavy (non-hydrogen) atoms. The predicted molar refractivity (Wildman–Crippen MR) is 110 cm³/mol. The summed E-state index contributed by atoms with van der Waals surface area (Å²) < 4.78 is 5.43. The van der Waals surface area contributed by atoms with Crippen molar-refractivity contribution in [3.8, 4) is 0 Å². The first kappa shape index (κ1) is 17.9. The highest BCUT2D eigenvalue weighted by Gasteiger charge is 2.23. The lowest BCUT2D eigenvalue weighted by Crippen LogP contribution is -2.46. The van der Waals surface area contributed by atoms with E-state index >= 15 is 0 Å². The van der Waals surface area contributed by atoms with Crippen molar-refractivity contribution in [2.75, 3.05) is 47.9 Å². The molecule has 0 aromatic heterocycles. The van der Waals surface area contributed by atoms with E-state index in [9.17, 15) is 4.79 Å². The van der Waals surface area contributed by atoms with Gasteiger partial charge in [-0.25, -0.2) is 0 Å². The lowest BCUT2D eigenvalue weighted by Gasteiger charge is -2.37. The van der Waals surface area contributed by atoms with Crippen molar-refractivity contribution in [1.82, 2.24) is 0 Å². The summed E-state index contributed by atoms with van der Waals surface area (Å²) in [4.78, 5) is 17.0. The molecule has 2 heterocycles. The van der Waals surface area contributed by atoms with Crippen LogP contribution in [0.3, 0.4) is 0 Å². The molecule has 0 saturated carbocycles. The van der Waals surface area contributed by atoms with E-state index in [4.69, 9.17) is 4.74 Å². The number of hydrogen-bond donors (Lipinski definition) is 1. The second-order valence-corrected chi connectivity index (χ2v) is 7.35. The number of anilines is 3. The molecule has 0 bridgehead atoms. The largest absolute Gasteiger partial charge is 0.368 e. The lowest BCUT2D eigenvalue weighted by atomic mass is 10.1. The van der Waals surface area contributed by atoms with Crippen LogP contribution in [0.25, 0.3) is 0 Å². The molecule has 1 amide bonds. The van der Waals surface area contributed by atoms with Gasteiger partial charge >= 0.3 is 0 Å². The van der Waals surface area contributed by atoms with E-state index in [-0.39, 0.29) is 12.0 Å². The SMILES string of the molecule is Cc1cccc(N2CCN(c3ccc(NC(=O)C4CCCO4)cc3)CC2)c1. The van der Waals surface area contributed by atoms with Gasteiger partial charge in [0.25, 0.3) is 5.91 Å². The zero-order valence-electron chi connectivity index (χ0n) is 15.9. The Morgan fingerprint density at radius 1 is 1.00 bits per heavy atom. The van der Waals surface area contributed by atoms with Gasteiger partial charge in [-0.3, -0.25) is 4.79 Å². The van der Waals surface area contributed by atoms with Crippen LogP contribution >= 0.6 is 0 Å². The molecule has 142 valence electrons. The van der Waals surface area contributed by atoms with Gasteiger partial charge in [-0.05, 0) is 61.7 Å². The highest BCUT2D eigenvalue weighted by atomic mass is 16.5. The molecule has 4 rings (SSSR count). The summed E-state index contributed by atoms with van der Waals surface area (Å²) in [5.41, 5.74) is 4.64. The third-order valence-corrected chi connectivity index (χ3v) is 5.37. The number of carbonyl (C=O) groups is 1. The van der Waals surface area contributed by atoms with Gasteiger partial charge in [-0.15, -0.1) is 0 Å². The minimum Gasteiger partial charge on any atom is -0.368 e. The molecule has 5 nitrogen and oxygen atoms in total. The van der Waals surface area contributed by atoms with Crippen molar-refractivity contribution in [3.63, 3.8) is 0 Å². The molecule has 2 aliphatic heterocycles. The summed E-state index contributed by atoms with van der Waals surface area (Å²) in [6.07, 6.45) is 1.49. The van der Waals surface area contributed by atoms with Crippen molar-refractivity contribution >= 4 is 23.0 Å². The van der Waals surface area contributed by atoms with Crippen LogP contribution in [-0.4, -0.2) is 44.8 Å². The summed E-state index contributed by atoms with van der Waals surface area (Å²) in [5, 5.41) is 2.96. The molecule has 2 saturated heterocycles. The van der Waals surface area contributed by atoms with Crippen LogP contribution in [-0.2, 0) is 9.53 Å². The Morgan fingerprint density at radius 3 is 2.33 bits per heavy atom. The summed E-state index contributed by atoms with van der Waals surface area (Å²) in [7, 11) is 0. The van der Waals surface area contributed by atoms with Crippen LogP contribution in [0.4, 0.5) is 17.1 Å². The standard InChI is InChI=1S/C22H27N3O2/c1-17-4-2-5-20(16-17)25-13-11-24(12-14-25)19-9-7-18(8-10-19)23-22(26)21-6-3-15-27-21/h2,4-5,7-10,16,21H,3,6,11-15H2,1H3,(H,23,26). The van der Waals surface area contributed by atoms with E-state index in [2.05, 4.69) is 58.4 Å². The number of rotatable bonds is 4. The highest BCUT2D eigenvalue weighted by molar-refractivity contribution is 5.94. The molecule has 1 N–H and O–H groups in total. The Bertz CT molecular complexity index is 776. The fraction of sp³-hybridized carbons (Fsp3) is 0.409. The molecule has 5 heteroatoms. The van der Waals surface area contributed by atoms with Crippen LogP contribution in [0.5, 0.6) is 0 Å². The van der Waals surface area contributed by atoms with Crippen LogP contribution in [0.2, 0.25) is 0 Å². The molecule has 0 aliphatic carbocycles. The van der Waals surface area contributed by atoms with Crippen molar-refractivity contribution < 1.29 is 9.53 Å². The maximum absolute atomic E-state index is 12.1. The van der Waals surface area contributed by atoms with Gasteiger partial charge in [-0.1, -0.05) is 12.1 Å². The van der Waals surface area contributed by atoms with Crippen molar-refractivity contribution in [2.45, 2.75) is 25.9 Å². The molecule has 2 fully saturated rings. The third kappa shape index (κ3) is 4.25. The summed E-state index contributed by atoms with van der Waals surface area (Å²) in [6.45, 7) is 6.84. The molecule has 2 aliphatic rings. The quantitative estimate of drug-likeness (QED) is 0.902. The fourth-order valence-corrected chi connectivity index (χ4v) is 3.81.